The van der Waals surface area contributed by atoms with Gasteiger partial charge in [-0.05, 0) is 42.9 Å². The van der Waals surface area contributed by atoms with Crippen molar-refractivity contribution in [2.75, 3.05) is 0 Å². The highest BCUT2D eigenvalue weighted by molar-refractivity contribution is 5.37. The molecule has 0 saturated heterocycles. The van der Waals surface area contributed by atoms with E-state index in [9.17, 15) is 5.11 Å². The van der Waals surface area contributed by atoms with Crippen molar-refractivity contribution in [1.29, 1.82) is 0 Å². The van der Waals surface area contributed by atoms with Crippen LogP contribution in [0, 0.1) is 6.92 Å². The summed E-state index contributed by atoms with van der Waals surface area (Å²) in [7, 11) is 0. The van der Waals surface area contributed by atoms with Crippen LogP contribution in [0.4, 0.5) is 0 Å². The first-order valence-corrected chi connectivity index (χ1v) is 6.98. The van der Waals surface area contributed by atoms with Crippen LogP contribution in [0.1, 0.15) is 63.0 Å². The van der Waals surface area contributed by atoms with E-state index in [1.54, 1.807) is 6.07 Å². The molecule has 0 radical (unpaired) electrons. The van der Waals surface area contributed by atoms with Crippen LogP contribution in [0.2, 0.25) is 0 Å². The van der Waals surface area contributed by atoms with Crippen molar-refractivity contribution in [1.82, 2.24) is 0 Å². The molecule has 2 N–H and O–H groups in total. The Morgan fingerprint density at radius 3 is 2.11 bits per heavy atom. The third kappa shape index (κ3) is 5.09. The highest BCUT2D eigenvalue weighted by Gasteiger charge is 2.07. The van der Waals surface area contributed by atoms with Gasteiger partial charge in [0.25, 0.3) is 0 Å². The van der Waals surface area contributed by atoms with E-state index in [-0.39, 0.29) is 6.10 Å². The minimum Gasteiger partial charge on any atom is -0.508 e. The fourth-order valence-corrected chi connectivity index (χ4v) is 2.22. The second kappa shape index (κ2) is 7.42. The van der Waals surface area contributed by atoms with Crippen LogP contribution >= 0.6 is 0 Å². The summed E-state index contributed by atoms with van der Waals surface area (Å²) in [4.78, 5) is 0. The molecule has 102 valence electrons. The van der Waals surface area contributed by atoms with E-state index < -0.39 is 0 Å². The lowest BCUT2D eigenvalue weighted by atomic mass is 9.98. The Kier molecular flexibility index (Phi) is 6.20. The number of phenolic OH excluding ortho intramolecular Hbond substituents is 1. The monoisotopic (exact) mass is 250 g/mol. The van der Waals surface area contributed by atoms with Crippen LogP contribution in [0.25, 0.3) is 0 Å². The molecular formula is C16H26O2. The molecule has 2 heteroatoms. The SMILES string of the molecule is Cc1ccc(C(C)C)c(O)c1.OC1CCCCC1. The first-order chi connectivity index (χ1) is 8.50. The van der Waals surface area contributed by atoms with E-state index in [0.29, 0.717) is 11.7 Å². The predicted octanol–water partition coefficient (Wildman–Crippen LogP) is 4.14. The van der Waals surface area contributed by atoms with Gasteiger partial charge in [-0.1, -0.05) is 45.2 Å². The number of aliphatic hydroxyl groups excluding tert-OH is 1. The van der Waals surface area contributed by atoms with Gasteiger partial charge in [0.2, 0.25) is 0 Å². The van der Waals surface area contributed by atoms with Gasteiger partial charge in [0.1, 0.15) is 5.75 Å². The fourth-order valence-electron chi connectivity index (χ4n) is 2.22. The Hall–Kier alpha value is -1.02. The lowest BCUT2D eigenvalue weighted by Gasteiger charge is -2.14. The molecule has 2 nitrogen and oxygen atoms in total. The van der Waals surface area contributed by atoms with Crippen LogP contribution in [-0.4, -0.2) is 16.3 Å². The Morgan fingerprint density at radius 2 is 1.72 bits per heavy atom. The first kappa shape index (κ1) is 15.0. The molecule has 18 heavy (non-hydrogen) atoms. The van der Waals surface area contributed by atoms with Gasteiger partial charge in [-0.3, -0.25) is 0 Å². The number of hydrogen-bond acceptors (Lipinski definition) is 2. The van der Waals surface area contributed by atoms with E-state index in [2.05, 4.69) is 13.8 Å². The molecule has 0 atom stereocenters. The van der Waals surface area contributed by atoms with Gasteiger partial charge in [-0.2, -0.15) is 0 Å². The standard InChI is InChI=1S/C10H14O.C6H12O/c1-7(2)9-5-4-8(3)6-10(9)11;7-6-4-2-1-3-5-6/h4-7,11H,1-3H3;6-7H,1-5H2. The average Bonchev–Trinajstić information content (AvgIpc) is 2.30. The number of aromatic hydroxyl groups is 1. The van der Waals surface area contributed by atoms with Crippen LogP contribution < -0.4 is 0 Å². The molecule has 1 saturated carbocycles. The highest BCUT2D eigenvalue weighted by Crippen LogP contribution is 2.25. The predicted molar refractivity (Wildman–Crippen MR) is 76.0 cm³/mol. The van der Waals surface area contributed by atoms with Crippen molar-refractivity contribution in [3.05, 3.63) is 29.3 Å². The second-order valence-electron chi connectivity index (χ2n) is 5.51. The normalized spacial score (nSPS) is 16.3. The van der Waals surface area contributed by atoms with Crippen LogP contribution in [0.3, 0.4) is 0 Å². The summed E-state index contributed by atoms with van der Waals surface area (Å²) >= 11 is 0. The van der Waals surface area contributed by atoms with Crippen LogP contribution in [0.15, 0.2) is 18.2 Å². The smallest absolute Gasteiger partial charge is 0.119 e. The van der Waals surface area contributed by atoms with E-state index in [1.807, 2.05) is 19.1 Å². The van der Waals surface area contributed by atoms with Crippen molar-refractivity contribution < 1.29 is 10.2 Å². The Bertz CT molecular complexity index is 352. The number of aliphatic hydroxyl groups is 1. The molecule has 0 spiro atoms. The molecule has 2 rings (SSSR count). The lowest BCUT2D eigenvalue weighted by Crippen LogP contribution is -2.09. The number of phenols is 1. The zero-order chi connectivity index (χ0) is 13.5. The van der Waals surface area contributed by atoms with Crippen molar-refractivity contribution in [3.63, 3.8) is 0 Å². The molecule has 0 unspecified atom stereocenters. The van der Waals surface area contributed by atoms with Crippen molar-refractivity contribution in [2.24, 2.45) is 0 Å². The summed E-state index contributed by atoms with van der Waals surface area (Å²) < 4.78 is 0. The molecule has 0 heterocycles. The Labute approximate surface area is 111 Å². The van der Waals surface area contributed by atoms with Crippen molar-refractivity contribution in [2.45, 2.75) is 64.9 Å². The van der Waals surface area contributed by atoms with E-state index in [4.69, 9.17) is 5.11 Å². The zero-order valence-electron chi connectivity index (χ0n) is 11.8. The lowest BCUT2D eigenvalue weighted by molar-refractivity contribution is 0.130. The van der Waals surface area contributed by atoms with Gasteiger partial charge in [-0.15, -0.1) is 0 Å². The summed E-state index contributed by atoms with van der Waals surface area (Å²) in [6, 6.07) is 5.81. The van der Waals surface area contributed by atoms with Crippen molar-refractivity contribution in [3.8, 4) is 5.75 Å². The summed E-state index contributed by atoms with van der Waals surface area (Å²) in [5, 5.41) is 18.4. The minimum absolute atomic E-state index is 0.0359. The molecule has 0 aromatic heterocycles. The van der Waals surface area contributed by atoms with Gasteiger partial charge in [0, 0.05) is 0 Å². The summed E-state index contributed by atoms with van der Waals surface area (Å²) in [6.07, 6.45) is 5.92. The number of hydrogen-bond donors (Lipinski definition) is 2. The molecule has 1 aliphatic carbocycles. The Morgan fingerprint density at radius 1 is 1.11 bits per heavy atom. The number of benzene rings is 1. The van der Waals surface area contributed by atoms with E-state index in [1.165, 1.54) is 19.3 Å². The fraction of sp³-hybridized carbons (Fsp3) is 0.625. The third-order valence-electron chi connectivity index (χ3n) is 3.38. The molecule has 0 aliphatic heterocycles. The highest BCUT2D eigenvalue weighted by atomic mass is 16.3. The van der Waals surface area contributed by atoms with Crippen LogP contribution in [-0.2, 0) is 0 Å². The third-order valence-corrected chi connectivity index (χ3v) is 3.38. The maximum absolute atomic E-state index is 9.46. The largest absolute Gasteiger partial charge is 0.508 e. The summed E-state index contributed by atoms with van der Waals surface area (Å²) in [5.41, 5.74) is 2.13. The van der Waals surface area contributed by atoms with E-state index in [0.717, 1.165) is 24.0 Å². The number of aryl methyl sites for hydroxylation is 1. The van der Waals surface area contributed by atoms with Gasteiger partial charge < -0.3 is 10.2 Å². The molecule has 0 amide bonds. The topological polar surface area (TPSA) is 40.5 Å². The van der Waals surface area contributed by atoms with Gasteiger partial charge in [0.05, 0.1) is 6.10 Å². The molecule has 1 fully saturated rings. The van der Waals surface area contributed by atoms with Gasteiger partial charge >= 0.3 is 0 Å². The molecule has 1 aliphatic rings. The second-order valence-corrected chi connectivity index (χ2v) is 5.51. The molecule has 0 bridgehead atoms. The molecule has 1 aromatic rings. The minimum atomic E-state index is 0.0359. The van der Waals surface area contributed by atoms with Crippen molar-refractivity contribution >= 4 is 0 Å². The van der Waals surface area contributed by atoms with E-state index >= 15 is 0 Å². The van der Waals surface area contributed by atoms with Gasteiger partial charge in [0.15, 0.2) is 0 Å². The quantitative estimate of drug-likeness (QED) is 0.786. The zero-order valence-corrected chi connectivity index (χ0v) is 11.8. The Balaban J connectivity index is 0.000000199. The average molecular weight is 250 g/mol. The van der Waals surface area contributed by atoms with Gasteiger partial charge in [-0.25, -0.2) is 0 Å². The maximum Gasteiger partial charge on any atom is 0.119 e. The summed E-state index contributed by atoms with van der Waals surface area (Å²) in [5.74, 6) is 0.815. The van der Waals surface area contributed by atoms with Crippen LogP contribution in [0.5, 0.6) is 5.75 Å². The molecular weight excluding hydrogens is 224 g/mol. The summed E-state index contributed by atoms with van der Waals surface area (Å²) in [6.45, 7) is 6.12. The maximum atomic E-state index is 9.46. The number of rotatable bonds is 1. The molecule has 1 aromatic carbocycles. The first-order valence-electron chi connectivity index (χ1n) is 6.98.